The third-order valence-corrected chi connectivity index (χ3v) is 7.05. The lowest BCUT2D eigenvalue weighted by molar-refractivity contribution is 0.575. The van der Waals surface area contributed by atoms with E-state index in [2.05, 4.69) is 59.6 Å². The molecule has 1 fully saturated rings. The first kappa shape index (κ1) is 27.4. The number of nitrogens with zero attached hydrogens (tertiary/aromatic N) is 4. The van der Waals surface area contributed by atoms with Gasteiger partial charge in [0.2, 0.25) is 5.82 Å². The van der Waals surface area contributed by atoms with Crippen molar-refractivity contribution in [1.82, 2.24) is 19.9 Å². The standard InChI is InChI=1S/C27H43N7S/c1-17(2)20-15-21(18(3)14-22(20)34-12-10-9-11-13-34)30-23(24(28)27(5,6)7)26-31-25(32-33-26)19(4)16-29-35-8/h14-15,17,19,28-29H,9-13,16H2,1-8H3,(H,31,32,33). The number of hydrogen-bond acceptors (Lipinski definition) is 7. The Kier molecular flexibility index (Phi) is 9.16. The van der Waals surface area contributed by atoms with Gasteiger partial charge >= 0.3 is 0 Å². The second-order valence-electron chi connectivity index (χ2n) is 11.0. The number of anilines is 1. The topological polar surface area (TPSA) is 93.1 Å². The molecule has 0 bridgehead atoms. The summed E-state index contributed by atoms with van der Waals surface area (Å²) in [6.07, 6.45) is 5.83. The van der Waals surface area contributed by atoms with Crippen LogP contribution in [-0.2, 0) is 0 Å². The molecule has 1 aliphatic rings. The number of nitrogens with one attached hydrogen (secondary N) is 3. The number of hydrogen-bond donors (Lipinski definition) is 3. The van der Waals surface area contributed by atoms with Gasteiger partial charge in [0.05, 0.1) is 11.4 Å². The summed E-state index contributed by atoms with van der Waals surface area (Å²) in [5, 5.41) is 16.6. The number of aliphatic imine (C=N–C) groups is 1. The molecule has 0 radical (unpaired) electrons. The Balaban J connectivity index is 2.07. The number of piperidine rings is 1. The average molecular weight is 498 g/mol. The highest BCUT2D eigenvalue weighted by Gasteiger charge is 2.27. The normalized spacial score (nSPS) is 16.1. The molecule has 1 aromatic heterocycles. The van der Waals surface area contributed by atoms with Gasteiger partial charge < -0.3 is 10.3 Å². The summed E-state index contributed by atoms with van der Waals surface area (Å²) in [4.78, 5) is 12.4. The third-order valence-electron chi connectivity index (χ3n) is 6.60. The number of H-pyrrole nitrogens is 1. The van der Waals surface area contributed by atoms with Crippen LogP contribution in [0.25, 0.3) is 0 Å². The molecule has 8 heteroatoms. The third kappa shape index (κ3) is 6.73. The van der Waals surface area contributed by atoms with E-state index in [-0.39, 0.29) is 11.3 Å². The van der Waals surface area contributed by atoms with Crippen LogP contribution in [0.4, 0.5) is 11.4 Å². The lowest BCUT2D eigenvalue weighted by Gasteiger charge is -2.32. The zero-order valence-corrected chi connectivity index (χ0v) is 23.6. The molecule has 2 heterocycles. The van der Waals surface area contributed by atoms with Crippen LogP contribution < -0.4 is 9.62 Å². The molecule has 1 atom stereocenters. The van der Waals surface area contributed by atoms with Crippen molar-refractivity contribution >= 4 is 34.7 Å². The van der Waals surface area contributed by atoms with Crippen LogP contribution in [0.3, 0.4) is 0 Å². The van der Waals surface area contributed by atoms with Gasteiger partial charge in [-0.15, -0.1) is 0 Å². The van der Waals surface area contributed by atoms with Crippen LogP contribution in [0.1, 0.15) is 95.4 Å². The van der Waals surface area contributed by atoms with Crippen molar-refractivity contribution in [1.29, 1.82) is 5.41 Å². The highest BCUT2D eigenvalue weighted by Crippen LogP contribution is 2.36. The molecule has 192 valence electrons. The van der Waals surface area contributed by atoms with Crippen molar-refractivity contribution in [3.05, 3.63) is 34.9 Å². The quantitative estimate of drug-likeness (QED) is 0.276. The Morgan fingerprint density at radius 1 is 1.20 bits per heavy atom. The second kappa shape index (κ2) is 11.7. The molecule has 1 saturated heterocycles. The Hall–Kier alpha value is -2.19. The molecule has 1 aliphatic heterocycles. The molecular formula is C27H43N7S. The molecule has 0 saturated carbocycles. The van der Waals surface area contributed by atoms with Gasteiger partial charge in [-0.1, -0.05) is 53.5 Å². The minimum absolute atomic E-state index is 0.173. The van der Waals surface area contributed by atoms with Crippen LogP contribution in [0.5, 0.6) is 0 Å². The molecule has 1 unspecified atom stereocenters. The van der Waals surface area contributed by atoms with E-state index in [9.17, 15) is 0 Å². The van der Waals surface area contributed by atoms with Crippen LogP contribution in [0.15, 0.2) is 17.1 Å². The van der Waals surface area contributed by atoms with E-state index in [1.165, 1.54) is 30.5 Å². The monoisotopic (exact) mass is 497 g/mol. The van der Waals surface area contributed by atoms with Gasteiger partial charge in [-0.05, 0) is 61.6 Å². The molecule has 3 N–H and O–H groups in total. The van der Waals surface area contributed by atoms with E-state index >= 15 is 0 Å². The number of aromatic amines is 1. The van der Waals surface area contributed by atoms with Gasteiger partial charge in [0, 0.05) is 36.7 Å². The molecule has 0 amide bonds. The van der Waals surface area contributed by atoms with Crippen molar-refractivity contribution in [2.24, 2.45) is 10.4 Å². The smallest absolute Gasteiger partial charge is 0.201 e. The summed E-state index contributed by atoms with van der Waals surface area (Å²) in [5.41, 5.74) is 5.24. The van der Waals surface area contributed by atoms with Gasteiger partial charge in [0.1, 0.15) is 11.5 Å². The number of rotatable bonds is 9. The van der Waals surface area contributed by atoms with Crippen LogP contribution >= 0.6 is 11.9 Å². The molecule has 0 spiro atoms. The highest BCUT2D eigenvalue weighted by molar-refractivity contribution is 7.96. The van der Waals surface area contributed by atoms with Gasteiger partial charge in [-0.2, -0.15) is 5.10 Å². The molecule has 3 rings (SSSR count). The minimum Gasteiger partial charge on any atom is -0.371 e. The van der Waals surface area contributed by atoms with Crippen molar-refractivity contribution < 1.29 is 0 Å². The fraction of sp³-hybridized carbons (Fsp3) is 0.630. The molecule has 2 aromatic rings. The SMILES string of the molecule is CSNCC(C)c1nc(C(=Nc2cc(C(C)C)c(N3CCCCC3)cc2C)C(=N)C(C)(C)C)n[nH]1. The molecule has 0 aliphatic carbocycles. The Bertz CT molecular complexity index is 1040. The van der Waals surface area contributed by atoms with E-state index in [0.29, 0.717) is 23.2 Å². The molecule has 7 nitrogen and oxygen atoms in total. The predicted molar refractivity (Wildman–Crippen MR) is 151 cm³/mol. The first-order chi connectivity index (χ1) is 16.5. The van der Waals surface area contributed by atoms with Gasteiger partial charge in [0.25, 0.3) is 0 Å². The average Bonchev–Trinajstić information content (AvgIpc) is 3.31. The van der Waals surface area contributed by atoms with E-state index in [4.69, 9.17) is 15.4 Å². The number of aromatic nitrogens is 3. The number of aryl methyl sites for hydroxylation is 1. The fourth-order valence-electron chi connectivity index (χ4n) is 4.29. The summed E-state index contributed by atoms with van der Waals surface area (Å²) in [7, 11) is 0. The molecule has 35 heavy (non-hydrogen) atoms. The lowest BCUT2D eigenvalue weighted by Crippen LogP contribution is -2.30. The Labute approximate surface area is 215 Å². The summed E-state index contributed by atoms with van der Waals surface area (Å²) in [5.74, 6) is 1.84. The maximum Gasteiger partial charge on any atom is 0.201 e. The Morgan fingerprint density at radius 3 is 2.49 bits per heavy atom. The van der Waals surface area contributed by atoms with Crippen molar-refractivity contribution in [2.45, 2.75) is 79.6 Å². The lowest BCUT2D eigenvalue weighted by atomic mass is 9.86. The fourth-order valence-corrected chi connectivity index (χ4v) is 4.70. The summed E-state index contributed by atoms with van der Waals surface area (Å²) >= 11 is 1.59. The second-order valence-corrected chi connectivity index (χ2v) is 11.7. The number of benzene rings is 1. The van der Waals surface area contributed by atoms with E-state index in [0.717, 1.165) is 36.7 Å². The molecular weight excluding hydrogens is 454 g/mol. The summed E-state index contributed by atoms with van der Waals surface area (Å²) in [6.45, 7) is 17.8. The molecule has 1 aromatic carbocycles. The van der Waals surface area contributed by atoms with Gasteiger partial charge in [-0.3, -0.25) is 9.82 Å². The van der Waals surface area contributed by atoms with Crippen molar-refractivity contribution in [3.63, 3.8) is 0 Å². The maximum atomic E-state index is 8.97. The summed E-state index contributed by atoms with van der Waals surface area (Å²) in [6, 6.07) is 4.51. The predicted octanol–water partition coefficient (Wildman–Crippen LogP) is 6.38. The van der Waals surface area contributed by atoms with Crippen molar-refractivity contribution in [3.8, 4) is 0 Å². The van der Waals surface area contributed by atoms with E-state index < -0.39 is 0 Å². The van der Waals surface area contributed by atoms with Crippen molar-refractivity contribution in [2.75, 3.05) is 30.8 Å². The largest absolute Gasteiger partial charge is 0.371 e. The first-order valence-electron chi connectivity index (χ1n) is 12.8. The van der Waals surface area contributed by atoms with Crippen LogP contribution in [-0.4, -0.2) is 52.5 Å². The van der Waals surface area contributed by atoms with E-state index in [1.807, 2.05) is 27.0 Å². The zero-order chi connectivity index (χ0) is 25.8. The van der Waals surface area contributed by atoms with Crippen LogP contribution in [0, 0.1) is 17.7 Å². The van der Waals surface area contributed by atoms with Gasteiger partial charge in [0.15, 0.2) is 0 Å². The van der Waals surface area contributed by atoms with Gasteiger partial charge in [-0.25, -0.2) is 9.98 Å². The van der Waals surface area contributed by atoms with Crippen LogP contribution in [0.2, 0.25) is 0 Å². The highest BCUT2D eigenvalue weighted by atomic mass is 32.2. The minimum atomic E-state index is -0.381. The first-order valence-corrected chi connectivity index (χ1v) is 14.0. The van der Waals surface area contributed by atoms with E-state index in [1.54, 1.807) is 11.9 Å². The maximum absolute atomic E-state index is 8.97. The Morgan fingerprint density at radius 2 is 1.89 bits per heavy atom. The summed E-state index contributed by atoms with van der Waals surface area (Å²) < 4.78 is 3.28. The zero-order valence-electron chi connectivity index (χ0n) is 22.7.